The van der Waals surface area contributed by atoms with Crippen LogP contribution in [0.15, 0.2) is 42.0 Å². The summed E-state index contributed by atoms with van der Waals surface area (Å²) in [4.78, 5) is 22.8. The molecule has 1 aliphatic rings. The lowest BCUT2D eigenvalue weighted by Gasteiger charge is -2.18. The molecule has 2 aromatic carbocycles. The van der Waals surface area contributed by atoms with Crippen molar-refractivity contribution < 1.29 is 19.6 Å². The highest BCUT2D eigenvalue weighted by Crippen LogP contribution is 2.36. The van der Waals surface area contributed by atoms with Crippen molar-refractivity contribution >= 4 is 17.5 Å². The Morgan fingerprint density at radius 3 is 2.67 bits per heavy atom. The molecule has 122 valence electrons. The molecule has 0 saturated heterocycles. The molecular weight excluding hydrogens is 310 g/mol. The number of Topliss-reactive ketones (excluding diaryl/α,β-unsaturated/α-hetero) is 1. The van der Waals surface area contributed by atoms with E-state index in [-0.39, 0.29) is 11.5 Å². The Morgan fingerprint density at radius 1 is 1.21 bits per heavy atom. The molecular formula is C18H14NO5-. The van der Waals surface area contributed by atoms with Crippen LogP contribution in [-0.2, 0) is 6.42 Å². The second kappa shape index (κ2) is 6.16. The van der Waals surface area contributed by atoms with E-state index in [1.54, 1.807) is 18.2 Å². The van der Waals surface area contributed by atoms with Gasteiger partial charge in [0.2, 0.25) is 0 Å². The number of carbonyl (C=O) groups is 1. The average molecular weight is 324 g/mol. The van der Waals surface area contributed by atoms with Crippen LogP contribution >= 0.6 is 0 Å². The molecule has 3 rings (SSSR count). The molecule has 24 heavy (non-hydrogen) atoms. The van der Waals surface area contributed by atoms with Gasteiger partial charge in [-0.2, -0.15) is 0 Å². The maximum Gasteiger partial charge on any atom is 0.266 e. The van der Waals surface area contributed by atoms with Gasteiger partial charge in [0, 0.05) is 23.0 Å². The number of aryl methyl sites for hydroxylation is 1. The number of hydrogen-bond donors (Lipinski definition) is 0. The van der Waals surface area contributed by atoms with Crippen molar-refractivity contribution in [3.8, 4) is 11.5 Å². The van der Waals surface area contributed by atoms with Crippen LogP contribution in [0.3, 0.4) is 0 Å². The Morgan fingerprint density at radius 2 is 1.96 bits per heavy atom. The molecule has 0 unspecified atom stereocenters. The number of ether oxygens (including phenoxy) is 1. The zero-order valence-corrected chi connectivity index (χ0v) is 12.9. The second-order valence-electron chi connectivity index (χ2n) is 5.48. The molecule has 0 amide bonds. The summed E-state index contributed by atoms with van der Waals surface area (Å²) in [7, 11) is 1.28. The molecule has 0 atom stereocenters. The van der Waals surface area contributed by atoms with E-state index in [2.05, 4.69) is 0 Å². The number of methoxy groups -OCH3 is 1. The van der Waals surface area contributed by atoms with Gasteiger partial charge in [0.1, 0.15) is 5.75 Å². The van der Waals surface area contributed by atoms with Crippen molar-refractivity contribution in [3.63, 3.8) is 0 Å². The van der Waals surface area contributed by atoms with Crippen LogP contribution in [0.2, 0.25) is 0 Å². The third kappa shape index (κ3) is 2.74. The number of fused-ring (bicyclic) bond motifs is 1. The van der Waals surface area contributed by atoms with Crippen LogP contribution in [0.1, 0.15) is 27.9 Å². The highest BCUT2D eigenvalue weighted by atomic mass is 16.6. The number of hydrogen-bond acceptors (Lipinski definition) is 5. The predicted molar refractivity (Wildman–Crippen MR) is 86.2 cm³/mol. The standard InChI is InChI=1S/C18H15NO5/c1-24-16-10-11(9-15(18(16)21)19(22)23)8-13-7-6-12-4-2-3-5-14(12)17(13)20/h2-5,8-10,21H,6-7H2,1H3/p-1/b13-8+. The fraction of sp³-hybridized carbons (Fsp3) is 0.167. The van der Waals surface area contributed by atoms with Crippen molar-refractivity contribution in [1.29, 1.82) is 0 Å². The Hall–Kier alpha value is -3.15. The largest absolute Gasteiger partial charge is 0.865 e. The molecule has 0 radical (unpaired) electrons. The summed E-state index contributed by atoms with van der Waals surface area (Å²) >= 11 is 0. The smallest absolute Gasteiger partial charge is 0.266 e. The first-order chi connectivity index (χ1) is 11.5. The Bertz CT molecular complexity index is 870. The molecule has 0 saturated carbocycles. The summed E-state index contributed by atoms with van der Waals surface area (Å²) in [5.74, 6) is -0.977. The summed E-state index contributed by atoms with van der Waals surface area (Å²) in [6.07, 6.45) is 2.87. The van der Waals surface area contributed by atoms with Crippen LogP contribution in [-0.4, -0.2) is 17.8 Å². The number of ketones is 1. The van der Waals surface area contributed by atoms with Gasteiger partial charge >= 0.3 is 0 Å². The maximum atomic E-state index is 12.6. The fourth-order valence-corrected chi connectivity index (χ4v) is 2.83. The zero-order chi connectivity index (χ0) is 17.3. The fourth-order valence-electron chi connectivity index (χ4n) is 2.83. The maximum absolute atomic E-state index is 12.6. The van der Waals surface area contributed by atoms with Crippen molar-refractivity contribution in [1.82, 2.24) is 0 Å². The van der Waals surface area contributed by atoms with Gasteiger partial charge in [0.15, 0.2) is 5.78 Å². The minimum atomic E-state index is -0.773. The summed E-state index contributed by atoms with van der Waals surface area (Å²) < 4.78 is 4.92. The quantitative estimate of drug-likeness (QED) is 0.492. The number of nitro groups is 1. The van der Waals surface area contributed by atoms with Gasteiger partial charge in [-0.25, -0.2) is 0 Å². The molecule has 1 aliphatic carbocycles. The predicted octanol–water partition coefficient (Wildman–Crippen LogP) is 2.89. The number of carbonyl (C=O) groups excluding carboxylic acids is 1. The van der Waals surface area contributed by atoms with E-state index >= 15 is 0 Å². The van der Waals surface area contributed by atoms with E-state index in [0.29, 0.717) is 23.1 Å². The molecule has 0 bridgehead atoms. The third-order valence-corrected chi connectivity index (χ3v) is 4.03. The highest BCUT2D eigenvalue weighted by molar-refractivity contribution is 6.13. The van der Waals surface area contributed by atoms with Crippen molar-refractivity contribution in [2.45, 2.75) is 12.8 Å². The summed E-state index contributed by atoms with van der Waals surface area (Å²) in [6, 6.07) is 9.97. The number of allylic oxidation sites excluding steroid dienone is 1. The monoisotopic (exact) mass is 324 g/mol. The van der Waals surface area contributed by atoms with Crippen molar-refractivity contribution in [3.05, 3.63) is 68.8 Å². The summed E-state index contributed by atoms with van der Waals surface area (Å²) in [6.45, 7) is 0. The minimum absolute atomic E-state index is 0.0929. The SMILES string of the molecule is COc1cc(/C=C2\CCc3ccccc3C2=O)cc([N+](=O)[O-])c1[O-]. The summed E-state index contributed by atoms with van der Waals surface area (Å²) in [5.41, 5.74) is 2.05. The molecule has 0 aromatic heterocycles. The van der Waals surface area contributed by atoms with Crippen molar-refractivity contribution in [2.24, 2.45) is 0 Å². The summed E-state index contributed by atoms with van der Waals surface area (Å²) in [5, 5.41) is 22.9. The van der Waals surface area contributed by atoms with Gasteiger partial charge in [-0.05, 0) is 36.1 Å². The lowest BCUT2D eigenvalue weighted by atomic mass is 9.86. The molecule has 2 aromatic rings. The lowest BCUT2D eigenvalue weighted by molar-refractivity contribution is -0.398. The van der Waals surface area contributed by atoms with Crippen LogP contribution in [0.25, 0.3) is 6.08 Å². The van der Waals surface area contributed by atoms with Crippen molar-refractivity contribution in [2.75, 3.05) is 7.11 Å². The molecule has 0 heterocycles. The highest BCUT2D eigenvalue weighted by Gasteiger charge is 2.22. The number of benzene rings is 2. The van der Waals surface area contributed by atoms with E-state index in [4.69, 9.17) is 4.74 Å². The Balaban J connectivity index is 2.05. The van der Waals surface area contributed by atoms with E-state index in [1.165, 1.54) is 19.2 Å². The normalized spacial score (nSPS) is 15.2. The van der Waals surface area contributed by atoms with Crippen LogP contribution in [0, 0.1) is 10.1 Å². The van der Waals surface area contributed by atoms with Gasteiger partial charge < -0.3 is 9.84 Å². The Labute approximate surface area is 138 Å². The molecule has 0 fully saturated rings. The number of nitrogens with zero attached hydrogens (tertiary/aromatic N) is 1. The van der Waals surface area contributed by atoms with Gasteiger partial charge in [-0.15, -0.1) is 0 Å². The lowest BCUT2D eigenvalue weighted by Crippen LogP contribution is -2.13. The van der Waals surface area contributed by atoms with E-state index < -0.39 is 16.4 Å². The van der Waals surface area contributed by atoms with Gasteiger partial charge in [-0.1, -0.05) is 24.3 Å². The molecule has 6 heteroatoms. The van der Waals surface area contributed by atoms with E-state index in [1.807, 2.05) is 12.1 Å². The molecule has 0 N–H and O–H groups in total. The first kappa shape index (κ1) is 15.7. The molecule has 0 spiro atoms. The first-order valence-electron chi connectivity index (χ1n) is 7.38. The van der Waals surface area contributed by atoms with Crippen LogP contribution in [0.5, 0.6) is 11.5 Å². The van der Waals surface area contributed by atoms with E-state index in [9.17, 15) is 20.0 Å². The van der Waals surface area contributed by atoms with Gasteiger partial charge in [0.25, 0.3) is 5.69 Å². The van der Waals surface area contributed by atoms with Gasteiger partial charge in [-0.3, -0.25) is 14.9 Å². The molecule has 0 aliphatic heterocycles. The first-order valence-corrected chi connectivity index (χ1v) is 7.38. The average Bonchev–Trinajstić information content (AvgIpc) is 2.58. The van der Waals surface area contributed by atoms with Crippen LogP contribution < -0.4 is 9.84 Å². The number of rotatable bonds is 3. The topological polar surface area (TPSA) is 92.5 Å². The number of nitro benzene ring substituents is 1. The third-order valence-electron chi connectivity index (χ3n) is 4.03. The van der Waals surface area contributed by atoms with E-state index in [0.717, 1.165) is 12.0 Å². The molecule has 6 nitrogen and oxygen atoms in total. The minimum Gasteiger partial charge on any atom is -0.865 e. The zero-order valence-electron chi connectivity index (χ0n) is 12.9. The Kier molecular flexibility index (Phi) is 4.04. The van der Waals surface area contributed by atoms with Crippen LogP contribution in [0.4, 0.5) is 5.69 Å². The second-order valence-corrected chi connectivity index (χ2v) is 5.48. The van der Waals surface area contributed by atoms with Gasteiger partial charge in [0.05, 0.1) is 12.0 Å².